The molecule has 168 valence electrons. The fourth-order valence-corrected chi connectivity index (χ4v) is 5.74. The number of nitrogens with two attached hydrogens (primary N) is 1. The van der Waals surface area contributed by atoms with Gasteiger partial charge < -0.3 is 19.9 Å². The first kappa shape index (κ1) is 22.0. The molecule has 0 saturated heterocycles. The molecule has 10 nitrogen and oxygen atoms in total. The van der Waals surface area contributed by atoms with E-state index in [2.05, 4.69) is 4.98 Å². The number of aromatic nitrogens is 2. The summed E-state index contributed by atoms with van der Waals surface area (Å²) < 4.78 is 16.5. The second-order valence-electron chi connectivity index (χ2n) is 7.03. The van der Waals surface area contributed by atoms with E-state index in [0.29, 0.717) is 34.6 Å². The van der Waals surface area contributed by atoms with E-state index < -0.39 is 24.5 Å². The Labute approximate surface area is 189 Å². The summed E-state index contributed by atoms with van der Waals surface area (Å²) in [6.45, 7) is 1.87. The van der Waals surface area contributed by atoms with Crippen LogP contribution >= 0.6 is 22.7 Å². The van der Waals surface area contributed by atoms with Crippen molar-refractivity contribution in [1.29, 1.82) is 0 Å². The molecule has 0 amide bonds. The standard InChI is InChI=1S/C20H19N3O7S2/c1-8-11-16(22-10-5-4-6-23(10)17(11)24)32-13(8)20(27)30-7-9-12(18(25)28-2)15(21)31-14(9)19(26)29-3/h4-7,21H2,1-3H3. The van der Waals surface area contributed by atoms with Gasteiger partial charge >= 0.3 is 17.9 Å². The minimum Gasteiger partial charge on any atom is -0.465 e. The highest BCUT2D eigenvalue weighted by Gasteiger charge is 2.29. The molecule has 0 saturated carbocycles. The number of rotatable bonds is 5. The number of nitrogen functional groups attached to an aromatic ring is 1. The molecular weight excluding hydrogens is 458 g/mol. The third-order valence-electron chi connectivity index (χ3n) is 5.24. The lowest BCUT2D eigenvalue weighted by Gasteiger charge is -2.07. The van der Waals surface area contributed by atoms with Crippen LogP contribution in [0, 0.1) is 6.92 Å². The van der Waals surface area contributed by atoms with Crippen LogP contribution in [0.5, 0.6) is 0 Å². The van der Waals surface area contributed by atoms with E-state index in [1.807, 2.05) is 0 Å². The molecule has 3 aromatic heterocycles. The van der Waals surface area contributed by atoms with E-state index in [-0.39, 0.29) is 31.4 Å². The summed E-state index contributed by atoms with van der Waals surface area (Å²) in [7, 11) is 2.37. The Kier molecular flexibility index (Phi) is 5.73. The molecule has 1 aliphatic rings. The number of hydrogen-bond donors (Lipinski definition) is 1. The maximum absolute atomic E-state index is 12.9. The summed E-state index contributed by atoms with van der Waals surface area (Å²) in [5.41, 5.74) is 6.28. The van der Waals surface area contributed by atoms with Crippen molar-refractivity contribution in [3.63, 3.8) is 0 Å². The van der Waals surface area contributed by atoms with Gasteiger partial charge in [-0.1, -0.05) is 0 Å². The molecule has 4 rings (SSSR count). The molecule has 0 radical (unpaired) electrons. The second-order valence-corrected chi connectivity index (χ2v) is 9.08. The van der Waals surface area contributed by atoms with Gasteiger partial charge in [0.1, 0.15) is 37.6 Å². The highest BCUT2D eigenvalue weighted by atomic mass is 32.1. The van der Waals surface area contributed by atoms with Gasteiger partial charge in [-0.05, 0) is 18.9 Å². The molecule has 32 heavy (non-hydrogen) atoms. The van der Waals surface area contributed by atoms with Crippen molar-refractivity contribution in [2.24, 2.45) is 0 Å². The van der Waals surface area contributed by atoms with Gasteiger partial charge in [0.25, 0.3) is 5.56 Å². The van der Waals surface area contributed by atoms with Crippen molar-refractivity contribution in [3.8, 4) is 0 Å². The van der Waals surface area contributed by atoms with Gasteiger partial charge in [0.2, 0.25) is 0 Å². The van der Waals surface area contributed by atoms with Crippen molar-refractivity contribution in [2.75, 3.05) is 20.0 Å². The molecule has 0 atom stereocenters. The summed E-state index contributed by atoms with van der Waals surface area (Å²) in [6.07, 6.45) is 1.58. The van der Waals surface area contributed by atoms with Crippen LogP contribution < -0.4 is 11.3 Å². The number of hydrogen-bond acceptors (Lipinski definition) is 11. The number of thiophene rings is 2. The third kappa shape index (κ3) is 3.45. The molecule has 0 bridgehead atoms. The summed E-state index contributed by atoms with van der Waals surface area (Å²) >= 11 is 1.92. The fraction of sp³-hybridized carbons (Fsp3) is 0.350. The SMILES string of the molecule is COC(=O)c1sc(N)c(C(=O)OC)c1COC(=O)c1sc2nc3n(c(=O)c2c1C)CCC3. The lowest BCUT2D eigenvalue weighted by atomic mass is 10.1. The summed E-state index contributed by atoms with van der Waals surface area (Å²) in [4.78, 5) is 55.3. The third-order valence-corrected chi connectivity index (χ3v) is 7.45. The molecule has 2 N–H and O–H groups in total. The number of methoxy groups -OCH3 is 2. The first-order valence-electron chi connectivity index (χ1n) is 9.56. The maximum Gasteiger partial charge on any atom is 0.349 e. The summed E-state index contributed by atoms with van der Waals surface area (Å²) in [5.74, 6) is -1.47. The van der Waals surface area contributed by atoms with Crippen molar-refractivity contribution < 1.29 is 28.6 Å². The van der Waals surface area contributed by atoms with Gasteiger partial charge in [0, 0.05) is 18.5 Å². The Balaban J connectivity index is 1.68. The van der Waals surface area contributed by atoms with E-state index >= 15 is 0 Å². The van der Waals surface area contributed by atoms with Gasteiger partial charge in [0.05, 0.1) is 19.6 Å². The van der Waals surface area contributed by atoms with Crippen LogP contribution in [0.3, 0.4) is 0 Å². The number of ether oxygens (including phenoxy) is 3. The van der Waals surface area contributed by atoms with Gasteiger partial charge in [-0.2, -0.15) is 0 Å². The topological polar surface area (TPSA) is 140 Å². The van der Waals surface area contributed by atoms with Crippen LogP contribution in [0.4, 0.5) is 5.00 Å². The van der Waals surface area contributed by atoms with Crippen LogP contribution in [0.1, 0.15) is 53.1 Å². The highest BCUT2D eigenvalue weighted by Crippen LogP contribution is 2.34. The molecular formula is C20H19N3O7S2. The summed E-state index contributed by atoms with van der Waals surface area (Å²) in [5, 5.41) is 0.450. The van der Waals surface area contributed by atoms with Gasteiger partial charge in [-0.25, -0.2) is 19.4 Å². The van der Waals surface area contributed by atoms with Crippen molar-refractivity contribution >= 4 is 55.8 Å². The zero-order valence-corrected chi connectivity index (χ0v) is 19.1. The number of carbonyl (C=O) groups excluding carboxylic acids is 3. The number of carbonyl (C=O) groups is 3. The molecule has 3 aromatic rings. The highest BCUT2D eigenvalue weighted by molar-refractivity contribution is 7.20. The molecule has 0 fully saturated rings. The molecule has 0 spiro atoms. The monoisotopic (exact) mass is 477 g/mol. The zero-order chi connectivity index (χ0) is 23.2. The normalized spacial score (nSPS) is 12.6. The number of aryl methyl sites for hydroxylation is 2. The lowest BCUT2D eigenvalue weighted by Crippen LogP contribution is -2.20. The van der Waals surface area contributed by atoms with E-state index in [1.165, 1.54) is 14.2 Å². The Morgan fingerprint density at radius 3 is 2.50 bits per heavy atom. The lowest BCUT2D eigenvalue weighted by molar-refractivity contribution is 0.0457. The first-order chi connectivity index (χ1) is 15.3. The minimum atomic E-state index is -0.760. The number of anilines is 1. The summed E-state index contributed by atoms with van der Waals surface area (Å²) in [6, 6.07) is 0. The molecule has 0 aromatic carbocycles. The Morgan fingerprint density at radius 1 is 1.09 bits per heavy atom. The van der Waals surface area contributed by atoms with Crippen LogP contribution in [0.2, 0.25) is 0 Å². The molecule has 4 heterocycles. The van der Waals surface area contributed by atoms with Crippen LogP contribution in [0.25, 0.3) is 10.2 Å². The Bertz CT molecular complexity index is 1340. The number of fused-ring (bicyclic) bond motifs is 2. The molecule has 0 aliphatic carbocycles. The fourth-order valence-electron chi connectivity index (χ4n) is 3.68. The maximum atomic E-state index is 12.9. The van der Waals surface area contributed by atoms with E-state index in [9.17, 15) is 19.2 Å². The van der Waals surface area contributed by atoms with Gasteiger partial charge in [-0.15, -0.1) is 22.7 Å². The molecule has 1 aliphatic heterocycles. The molecule has 12 heteroatoms. The van der Waals surface area contributed by atoms with Gasteiger partial charge in [-0.3, -0.25) is 9.36 Å². The number of nitrogens with zero attached hydrogens (tertiary/aromatic N) is 2. The van der Waals surface area contributed by atoms with Crippen LogP contribution in [0.15, 0.2) is 4.79 Å². The first-order valence-corrected chi connectivity index (χ1v) is 11.2. The Hall–Kier alpha value is -3.25. The predicted octanol–water partition coefficient (Wildman–Crippen LogP) is 2.29. The average Bonchev–Trinajstić information content (AvgIpc) is 3.47. The predicted molar refractivity (Wildman–Crippen MR) is 117 cm³/mol. The van der Waals surface area contributed by atoms with E-state index in [0.717, 1.165) is 29.1 Å². The smallest absolute Gasteiger partial charge is 0.349 e. The van der Waals surface area contributed by atoms with E-state index in [1.54, 1.807) is 11.5 Å². The second kappa shape index (κ2) is 8.36. The van der Waals surface area contributed by atoms with E-state index in [4.69, 9.17) is 19.9 Å². The molecule has 0 unspecified atom stereocenters. The van der Waals surface area contributed by atoms with Crippen molar-refractivity contribution in [1.82, 2.24) is 9.55 Å². The van der Waals surface area contributed by atoms with Crippen LogP contribution in [-0.4, -0.2) is 41.7 Å². The Morgan fingerprint density at radius 2 is 1.81 bits per heavy atom. The minimum absolute atomic E-state index is 0.0441. The zero-order valence-electron chi connectivity index (χ0n) is 17.5. The average molecular weight is 478 g/mol. The largest absolute Gasteiger partial charge is 0.465 e. The van der Waals surface area contributed by atoms with Gasteiger partial charge in [0.15, 0.2) is 0 Å². The van der Waals surface area contributed by atoms with Crippen molar-refractivity contribution in [3.05, 3.63) is 42.6 Å². The van der Waals surface area contributed by atoms with Crippen molar-refractivity contribution in [2.45, 2.75) is 32.9 Å². The quantitative estimate of drug-likeness (QED) is 0.433. The number of esters is 3. The van der Waals surface area contributed by atoms with Crippen LogP contribution in [-0.2, 0) is 33.8 Å².